The van der Waals surface area contributed by atoms with Crippen LogP contribution in [0.3, 0.4) is 0 Å². The van der Waals surface area contributed by atoms with Crippen LogP contribution in [0.2, 0.25) is 0 Å². The van der Waals surface area contributed by atoms with Gasteiger partial charge < -0.3 is 10.5 Å². The lowest BCUT2D eigenvalue weighted by atomic mass is 10.0. The van der Waals surface area contributed by atoms with Crippen LogP contribution in [0, 0.1) is 5.92 Å². The first kappa shape index (κ1) is 16.0. The Morgan fingerprint density at radius 2 is 1.84 bits per heavy atom. The van der Waals surface area contributed by atoms with E-state index in [2.05, 4.69) is 44.9 Å². The Morgan fingerprint density at radius 1 is 1.21 bits per heavy atom. The molecule has 2 N–H and O–H groups in total. The molecule has 108 valence electrons. The summed E-state index contributed by atoms with van der Waals surface area (Å²) < 4.78 is 5.43. The molecule has 0 saturated heterocycles. The van der Waals surface area contributed by atoms with E-state index < -0.39 is 0 Å². The molecule has 0 aliphatic heterocycles. The lowest BCUT2D eigenvalue weighted by molar-refractivity contribution is 0.238. The predicted octanol–water partition coefficient (Wildman–Crippen LogP) is 3.06. The minimum atomic E-state index is 0.271. The number of para-hydroxylation sites is 1. The van der Waals surface area contributed by atoms with E-state index in [-0.39, 0.29) is 6.04 Å². The summed E-state index contributed by atoms with van der Waals surface area (Å²) in [6.45, 7) is 7.56. The molecule has 3 nitrogen and oxygen atoms in total. The fourth-order valence-corrected chi connectivity index (χ4v) is 2.13. The van der Waals surface area contributed by atoms with Crippen LogP contribution >= 0.6 is 0 Å². The lowest BCUT2D eigenvalue weighted by Crippen LogP contribution is -2.33. The van der Waals surface area contributed by atoms with E-state index in [0.717, 1.165) is 18.7 Å². The second-order valence-electron chi connectivity index (χ2n) is 5.60. The summed E-state index contributed by atoms with van der Waals surface area (Å²) in [4.78, 5) is 2.33. The third-order valence-electron chi connectivity index (χ3n) is 3.92. The second kappa shape index (κ2) is 7.51. The lowest BCUT2D eigenvalue weighted by Gasteiger charge is -2.28. The number of nitrogens with two attached hydrogens (primary N) is 1. The van der Waals surface area contributed by atoms with Gasteiger partial charge in [0.05, 0.1) is 7.11 Å². The summed E-state index contributed by atoms with van der Waals surface area (Å²) in [5.74, 6) is 1.49. The van der Waals surface area contributed by atoms with E-state index in [1.807, 2.05) is 12.1 Å². The molecule has 0 fully saturated rings. The Bertz CT molecular complexity index is 379. The molecule has 0 aromatic heterocycles. The molecule has 0 aliphatic carbocycles. The average molecular weight is 264 g/mol. The highest BCUT2D eigenvalue weighted by Crippen LogP contribution is 2.28. The van der Waals surface area contributed by atoms with E-state index in [9.17, 15) is 0 Å². The number of benzene rings is 1. The van der Waals surface area contributed by atoms with E-state index in [1.54, 1.807) is 7.11 Å². The van der Waals surface area contributed by atoms with Crippen LogP contribution in [0.5, 0.6) is 5.75 Å². The molecule has 19 heavy (non-hydrogen) atoms. The third-order valence-corrected chi connectivity index (χ3v) is 3.92. The Balaban J connectivity index is 2.63. The molecule has 2 unspecified atom stereocenters. The van der Waals surface area contributed by atoms with Gasteiger partial charge in [-0.3, -0.25) is 4.90 Å². The van der Waals surface area contributed by atoms with Crippen molar-refractivity contribution in [2.45, 2.75) is 39.3 Å². The molecular formula is C16H28N2O. The smallest absolute Gasteiger partial charge is 0.123 e. The molecule has 0 spiro atoms. The first-order valence-electron chi connectivity index (χ1n) is 7.06. The van der Waals surface area contributed by atoms with Gasteiger partial charge in [-0.15, -0.1) is 0 Å². The van der Waals surface area contributed by atoms with Crippen LogP contribution in [0.25, 0.3) is 0 Å². The van der Waals surface area contributed by atoms with E-state index >= 15 is 0 Å². The van der Waals surface area contributed by atoms with Crippen LogP contribution in [-0.4, -0.2) is 31.6 Å². The topological polar surface area (TPSA) is 38.5 Å². The van der Waals surface area contributed by atoms with Gasteiger partial charge >= 0.3 is 0 Å². The van der Waals surface area contributed by atoms with Crippen molar-refractivity contribution in [2.24, 2.45) is 11.7 Å². The van der Waals surface area contributed by atoms with Gasteiger partial charge in [-0.2, -0.15) is 0 Å². The Kier molecular flexibility index (Phi) is 6.32. The van der Waals surface area contributed by atoms with Crippen molar-refractivity contribution in [2.75, 3.05) is 20.7 Å². The standard InChI is InChI=1S/C16H28N2O/c1-12(2)15(17)10-11-18(4)13(3)14-8-6-7-9-16(14)19-5/h6-9,12-13,15H,10-11,17H2,1-5H3. The SMILES string of the molecule is COc1ccccc1C(C)N(C)CCC(N)C(C)C. The van der Waals surface area contributed by atoms with Gasteiger partial charge in [0.25, 0.3) is 0 Å². The predicted molar refractivity (Wildman–Crippen MR) is 81.5 cm³/mol. The summed E-state index contributed by atoms with van der Waals surface area (Å²) in [7, 11) is 3.87. The molecule has 0 amide bonds. The minimum Gasteiger partial charge on any atom is -0.496 e. The monoisotopic (exact) mass is 264 g/mol. The van der Waals surface area contributed by atoms with E-state index in [4.69, 9.17) is 10.5 Å². The average Bonchev–Trinajstić information content (AvgIpc) is 2.43. The number of methoxy groups -OCH3 is 1. The van der Waals surface area contributed by atoms with Gasteiger partial charge in [-0.05, 0) is 38.9 Å². The van der Waals surface area contributed by atoms with Crippen LogP contribution in [0.1, 0.15) is 38.8 Å². The van der Waals surface area contributed by atoms with Crippen molar-refractivity contribution >= 4 is 0 Å². The van der Waals surface area contributed by atoms with Gasteiger partial charge in [0, 0.05) is 17.6 Å². The number of nitrogens with zero attached hydrogens (tertiary/aromatic N) is 1. The molecule has 1 aromatic carbocycles. The quantitative estimate of drug-likeness (QED) is 0.822. The summed E-state index contributed by atoms with van der Waals surface area (Å²) in [5.41, 5.74) is 7.34. The maximum Gasteiger partial charge on any atom is 0.123 e. The summed E-state index contributed by atoms with van der Waals surface area (Å²) in [6, 6.07) is 8.80. The first-order chi connectivity index (χ1) is 8.97. The van der Waals surface area contributed by atoms with Crippen LogP contribution in [0.15, 0.2) is 24.3 Å². The fourth-order valence-electron chi connectivity index (χ4n) is 2.13. The zero-order valence-corrected chi connectivity index (χ0v) is 12.9. The van der Waals surface area contributed by atoms with Crippen LogP contribution < -0.4 is 10.5 Å². The van der Waals surface area contributed by atoms with Crippen molar-refractivity contribution in [1.29, 1.82) is 0 Å². The molecule has 0 radical (unpaired) electrons. The molecule has 0 heterocycles. The van der Waals surface area contributed by atoms with Crippen molar-refractivity contribution in [1.82, 2.24) is 4.90 Å². The normalized spacial score (nSPS) is 14.7. The highest BCUT2D eigenvalue weighted by molar-refractivity contribution is 5.35. The highest BCUT2D eigenvalue weighted by Gasteiger charge is 2.17. The number of rotatable bonds is 7. The zero-order valence-electron chi connectivity index (χ0n) is 12.9. The van der Waals surface area contributed by atoms with Crippen molar-refractivity contribution in [3.63, 3.8) is 0 Å². The van der Waals surface area contributed by atoms with Crippen molar-refractivity contribution in [3.05, 3.63) is 29.8 Å². The van der Waals surface area contributed by atoms with Crippen molar-refractivity contribution in [3.8, 4) is 5.75 Å². The number of hydrogen-bond donors (Lipinski definition) is 1. The Morgan fingerprint density at radius 3 is 2.42 bits per heavy atom. The van der Waals surface area contributed by atoms with E-state index in [0.29, 0.717) is 12.0 Å². The molecule has 0 bridgehead atoms. The minimum absolute atomic E-state index is 0.271. The van der Waals surface area contributed by atoms with E-state index in [1.165, 1.54) is 5.56 Å². The molecule has 0 aliphatic rings. The van der Waals surface area contributed by atoms with Gasteiger partial charge in [-0.25, -0.2) is 0 Å². The fraction of sp³-hybridized carbons (Fsp3) is 0.625. The van der Waals surface area contributed by atoms with Crippen LogP contribution in [-0.2, 0) is 0 Å². The molecule has 0 saturated carbocycles. The second-order valence-corrected chi connectivity index (χ2v) is 5.60. The number of hydrogen-bond acceptors (Lipinski definition) is 3. The van der Waals surface area contributed by atoms with Gasteiger partial charge in [0.1, 0.15) is 5.75 Å². The Hall–Kier alpha value is -1.06. The number of ether oxygens (including phenoxy) is 1. The van der Waals surface area contributed by atoms with Crippen LogP contribution in [0.4, 0.5) is 0 Å². The maximum absolute atomic E-state index is 6.11. The largest absolute Gasteiger partial charge is 0.496 e. The van der Waals surface area contributed by atoms with Crippen molar-refractivity contribution < 1.29 is 4.74 Å². The molecule has 1 aromatic rings. The maximum atomic E-state index is 6.11. The first-order valence-corrected chi connectivity index (χ1v) is 7.06. The van der Waals surface area contributed by atoms with Gasteiger partial charge in [-0.1, -0.05) is 32.0 Å². The Labute approximate surface area is 117 Å². The molecule has 3 heteroatoms. The van der Waals surface area contributed by atoms with Gasteiger partial charge in [0.15, 0.2) is 0 Å². The highest BCUT2D eigenvalue weighted by atomic mass is 16.5. The van der Waals surface area contributed by atoms with Gasteiger partial charge in [0.2, 0.25) is 0 Å². The third kappa shape index (κ3) is 4.51. The summed E-state index contributed by atoms with van der Waals surface area (Å²) >= 11 is 0. The summed E-state index contributed by atoms with van der Waals surface area (Å²) in [6.07, 6.45) is 1.02. The molecule has 2 atom stereocenters. The molecule has 1 rings (SSSR count). The zero-order chi connectivity index (χ0) is 14.4. The summed E-state index contributed by atoms with van der Waals surface area (Å²) in [5, 5.41) is 0. The molecular weight excluding hydrogens is 236 g/mol.